The van der Waals surface area contributed by atoms with Gasteiger partial charge in [-0.05, 0) is 43.2 Å². The van der Waals surface area contributed by atoms with E-state index in [0.717, 1.165) is 44.3 Å². The molecule has 3 heterocycles. The molecule has 4 rings (SSSR count). The second-order valence-electron chi connectivity index (χ2n) is 7.18. The molecule has 0 spiro atoms. The van der Waals surface area contributed by atoms with Crippen LogP contribution in [0.3, 0.4) is 0 Å². The number of pyridine rings is 1. The Kier molecular flexibility index (Phi) is 5.06. The monoisotopic (exact) mass is 358 g/mol. The Hall–Kier alpha value is -1.82. The van der Waals surface area contributed by atoms with Crippen LogP contribution in [0.15, 0.2) is 23.7 Å². The van der Waals surface area contributed by atoms with E-state index in [1.54, 1.807) is 11.3 Å². The molecule has 0 bridgehead atoms. The zero-order valence-electron chi connectivity index (χ0n) is 14.5. The van der Waals surface area contributed by atoms with Crippen LogP contribution in [0.4, 0.5) is 10.5 Å². The van der Waals surface area contributed by atoms with Gasteiger partial charge in [-0.3, -0.25) is 4.98 Å². The molecule has 1 saturated heterocycles. The SMILES string of the molecule is O=C(NC1CCCCC1)NC1CCN(c2ccnc3ccsc23)CC1. The van der Waals surface area contributed by atoms with Crippen molar-refractivity contribution in [3.63, 3.8) is 0 Å². The molecule has 134 valence electrons. The van der Waals surface area contributed by atoms with Crippen molar-refractivity contribution in [2.24, 2.45) is 0 Å². The summed E-state index contributed by atoms with van der Waals surface area (Å²) in [5, 5.41) is 8.45. The Morgan fingerprint density at radius 2 is 1.76 bits per heavy atom. The summed E-state index contributed by atoms with van der Waals surface area (Å²) >= 11 is 1.75. The molecule has 0 unspecified atom stereocenters. The number of nitrogens with one attached hydrogen (secondary N) is 2. The molecule has 1 aliphatic heterocycles. The van der Waals surface area contributed by atoms with E-state index in [2.05, 4.69) is 38.0 Å². The molecule has 0 atom stereocenters. The van der Waals surface area contributed by atoms with Gasteiger partial charge in [0, 0.05) is 31.4 Å². The van der Waals surface area contributed by atoms with E-state index >= 15 is 0 Å². The molecular weight excluding hydrogens is 332 g/mol. The fourth-order valence-electron chi connectivity index (χ4n) is 4.03. The minimum Gasteiger partial charge on any atom is -0.370 e. The number of hydrogen-bond acceptors (Lipinski definition) is 4. The van der Waals surface area contributed by atoms with Gasteiger partial charge in [-0.2, -0.15) is 0 Å². The lowest BCUT2D eigenvalue weighted by molar-refractivity contribution is 0.226. The first-order valence-electron chi connectivity index (χ1n) is 9.44. The van der Waals surface area contributed by atoms with Crippen molar-refractivity contribution in [1.82, 2.24) is 15.6 Å². The van der Waals surface area contributed by atoms with Crippen LogP contribution >= 0.6 is 11.3 Å². The average Bonchev–Trinajstić information content (AvgIpc) is 3.12. The Labute approximate surface area is 152 Å². The van der Waals surface area contributed by atoms with Crippen molar-refractivity contribution in [3.8, 4) is 0 Å². The van der Waals surface area contributed by atoms with Gasteiger partial charge >= 0.3 is 6.03 Å². The first kappa shape index (κ1) is 16.6. The second kappa shape index (κ2) is 7.60. The third-order valence-corrected chi connectivity index (χ3v) is 6.36. The van der Waals surface area contributed by atoms with E-state index in [1.165, 1.54) is 29.6 Å². The quantitative estimate of drug-likeness (QED) is 0.875. The number of thiophene rings is 1. The lowest BCUT2D eigenvalue weighted by Crippen LogP contribution is -2.50. The number of carbonyl (C=O) groups excluding carboxylic acids is 1. The van der Waals surface area contributed by atoms with E-state index in [0.29, 0.717) is 6.04 Å². The summed E-state index contributed by atoms with van der Waals surface area (Å²) in [5.41, 5.74) is 2.36. The smallest absolute Gasteiger partial charge is 0.315 e. The highest BCUT2D eigenvalue weighted by Gasteiger charge is 2.23. The first-order chi connectivity index (χ1) is 12.3. The van der Waals surface area contributed by atoms with Crippen LogP contribution in [0, 0.1) is 0 Å². The van der Waals surface area contributed by atoms with Gasteiger partial charge in [-0.25, -0.2) is 4.79 Å². The molecule has 5 nitrogen and oxygen atoms in total. The number of nitrogens with zero attached hydrogens (tertiary/aromatic N) is 2. The summed E-state index contributed by atoms with van der Waals surface area (Å²) < 4.78 is 1.27. The predicted octanol–water partition coefficient (Wildman–Crippen LogP) is 3.90. The molecule has 25 heavy (non-hydrogen) atoms. The number of fused-ring (bicyclic) bond motifs is 1. The van der Waals surface area contributed by atoms with E-state index < -0.39 is 0 Å². The van der Waals surface area contributed by atoms with E-state index in [1.807, 2.05) is 6.20 Å². The molecule has 2 fully saturated rings. The molecule has 0 aromatic carbocycles. The van der Waals surface area contributed by atoms with Crippen molar-refractivity contribution in [1.29, 1.82) is 0 Å². The summed E-state index contributed by atoms with van der Waals surface area (Å²) in [6.07, 6.45) is 9.94. The average molecular weight is 359 g/mol. The number of anilines is 1. The fourth-order valence-corrected chi connectivity index (χ4v) is 4.93. The minimum atomic E-state index is 0.0231. The molecule has 1 aliphatic carbocycles. The van der Waals surface area contributed by atoms with Crippen molar-refractivity contribution >= 4 is 33.3 Å². The maximum atomic E-state index is 12.2. The van der Waals surface area contributed by atoms with Crippen molar-refractivity contribution in [2.45, 2.75) is 57.0 Å². The third-order valence-electron chi connectivity index (χ3n) is 5.43. The van der Waals surface area contributed by atoms with Crippen LogP contribution in [-0.2, 0) is 0 Å². The van der Waals surface area contributed by atoms with Crippen LogP contribution < -0.4 is 15.5 Å². The van der Waals surface area contributed by atoms with E-state index in [9.17, 15) is 4.79 Å². The largest absolute Gasteiger partial charge is 0.370 e. The molecule has 6 heteroatoms. The van der Waals surface area contributed by atoms with Crippen LogP contribution in [-0.4, -0.2) is 36.2 Å². The first-order valence-corrected chi connectivity index (χ1v) is 10.3. The number of amides is 2. The van der Waals surface area contributed by atoms with Crippen molar-refractivity contribution < 1.29 is 4.79 Å². The highest BCUT2D eigenvalue weighted by molar-refractivity contribution is 7.17. The highest BCUT2D eigenvalue weighted by atomic mass is 32.1. The van der Waals surface area contributed by atoms with Gasteiger partial charge in [0.05, 0.1) is 15.9 Å². The van der Waals surface area contributed by atoms with Gasteiger partial charge in [0.2, 0.25) is 0 Å². The van der Waals surface area contributed by atoms with Crippen molar-refractivity contribution in [3.05, 3.63) is 23.7 Å². The highest BCUT2D eigenvalue weighted by Crippen LogP contribution is 2.31. The molecule has 2 N–H and O–H groups in total. The maximum Gasteiger partial charge on any atom is 0.315 e. The standard InChI is InChI=1S/C19H26N4OS/c24-19(21-14-4-2-1-3-5-14)22-15-7-11-23(12-8-15)17-6-10-20-16-9-13-25-18(16)17/h6,9-10,13-15H,1-5,7-8,11-12H2,(H2,21,22,24). The Morgan fingerprint density at radius 3 is 2.52 bits per heavy atom. The van der Waals surface area contributed by atoms with Crippen LogP contribution in [0.5, 0.6) is 0 Å². The van der Waals surface area contributed by atoms with Gasteiger partial charge in [0.1, 0.15) is 0 Å². The van der Waals surface area contributed by atoms with Crippen LogP contribution in [0.1, 0.15) is 44.9 Å². The summed E-state index contributed by atoms with van der Waals surface area (Å²) in [7, 11) is 0. The van der Waals surface area contributed by atoms with Crippen molar-refractivity contribution in [2.75, 3.05) is 18.0 Å². The topological polar surface area (TPSA) is 57.3 Å². The van der Waals surface area contributed by atoms with Gasteiger partial charge < -0.3 is 15.5 Å². The summed E-state index contributed by atoms with van der Waals surface area (Å²) in [5.74, 6) is 0. The number of aromatic nitrogens is 1. The molecule has 0 radical (unpaired) electrons. The number of piperidine rings is 1. The summed E-state index contributed by atoms with van der Waals surface area (Å²) in [4.78, 5) is 19.1. The Balaban J connectivity index is 1.29. The second-order valence-corrected chi connectivity index (χ2v) is 8.10. The number of rotatable bonds is 3. The Bertz CT molecular complexity index is 717. The number of carbonyl (C=O) groups is 1. The number of urea groups is 1. The summed E-state index contributed by atoms with van der Waals surface area (Å²) in [6.45, 7) is 1.96. The molecule has 2 aromatic rings. The molecular formula is C19H26N4OS. The van der Waals surface area contributed by atoms with E-state index in [-0.39, 0.29) is 12.1 Å². The normalized spacial score (nSPS) is 19.9. The predicted molar refractivity (Wildman–Crippen MR) is 103 cm³/mol. The maximum absolute atomic E-state index is 12.2. The zero-order valence-corrected chi connectivity index (χ0v) is 15.4. The third kappa shape index (κ3) is 3.89. The van der Waals surface area contributed by atoms with Gasteiger partial charge in [0.25, 0.3) is 0 Å². The van der Waals surface area contributed by atoms with Gasteiger partial charge in [-0.15, -0.1) is 11.3 Å². The van der Waals surface area contributed by atoms with Gasteiger partial charge in [0.15, 0.2) is 0 Å². The lowest BCUT2D eigenvalue weighted by atomic mass is 9.96. The number of hydrogen-bond donors (Lipinski definition) is 2. The van der Waals surface area contributed by atoms with Gasteiger partial charge in [-0.1, -0.05) is 19.3 Å². The minimum absolute atomic E-state index is 0.0231. The molecule has 2 aliphatic rings. The summed E-state index contributed by atoms with van der Waals surface area (Å²) in [6, 6.07) is 4.86. The van der Waals surface area contributed by atoms with E-state index in [4.69, 9.17) is 0 Å². The Morgan fingerprint density at radius 1 is 1.04 bits per heavy atom. The molecule has 2 aromatic heterocycles. The fraction of sp³-hybridized carbons (Fsp3) is 0.579. The lowest BCUT2D eigenvalue weighted by Gasteiger charge is -2.34. The van der Waals surface area contributed by atoms with Crippen LogP contribution in [0.25, 0.3) is 10.2 Å². The molecule has 2 amide bonds. The zero-order chi connectivity index (χ0) is 17.1. The van der Waals surface area contributed by atoms with Crippen LogP contribution in [0.2, 0.25) is 0 Å². The molecule has 1 saturated carbocycles.